The van der Waals surface area contributed by atoms with Crippen LogP contribution in [0.3, 0.4) is 0 Å². The molecule has 6 rings (SSSR count). The van der Waals surface area contributed by atoms with Gasteiger partial charge in [0.2, 0.25) is 5.91 Å². The molecule has 4 aromatic rings. The predicted molar refractivity (Wildman–Crippen MR) is 155 cm³/mol. The second-order valence-corrected chi connectivity index (χ2v) is 11.3. The highest BCUT2D eigenvalue weighted by molar-refractivity contribution is 9.10. The predicted octanol–water partition coefficient (Wildman–Crippen LogP) is 5.04. The van der Waals surface area contributed by atoms with Crippen LogP contribution in [0.2, 0.25) is 0 Å². The van der Waals surface area contributed by atoms with E-state index in [0.717, 1.165) is 38.2 Å². The lowest BCUT2D eigenvalue weighted by Gasteiger charge is -2.36. The first-order valence-corrected chi connectivity index (χ1v) is 14.4. The minimum atomic E-state index is 0.00186. The molecule has 0 radical (unpaired) electrons. The summed E-state index contributed by atoms with van der Waals surface area (Å²) >= 11 is 4.99. The maximum atomic E-state index is 13.6. The number of piperazine rings is 1. The molecule has 0 aliphatic carbocycles. The summed E-state index contributed by atoms with van der Waals surface area (Å²) in [5.74, 6) is 1.26. The summed E-state index contributed by atoms with van der Waals surface area (Å²) in [5, 5.41) is 0.994. The average molecular weight is 589 g/mol. The molecule has 192 valence electrons. The summed E-state index contributed by atoms with van der Waals surface area (Å²) in [5.41, 5.74) is 3.76. The van der Waals surface area contributed by atoms with Crippen LogP contribution in [0.15, 0.2) is 82.4 Å². The van der Waals surface area contributed by atoms with Gasteiger partial charge in [0, 0.05) is 53.2 Å². The maximum Gasteiger partial charge on any atom is 0.255 e. The lowest BCUT2D eigenvalue weighted by atomic mass is 10.1. The van der Waals surface area contributed by atoms with Crippen molar-refractivity contribution >= 4 is 61.9 Å². The number of benzene rings is 3. The Kier molecular flexibility index (Phi) is 7.04. The highest BCUT2D eigenvalue weighted by atomic mass is 79.9. The van der Waals surface area contributed by atoms with Crippen LogP contribution in [0.1, 0.15) is 15.9 Å². The number of hydrogen-bond acceptors (Lipinski definition) is 6. The van der Waals surface area contributed by atoms with E-state index < -0.39 is 0 Å². The van der Waals surface area contributed by atoms with Crippen molar-refractivity contribution in [1.29, 1.82) is 0 Å². The zero-order valence-corrected chi connectivity index (χ0v) is 23.1. The van der Waals surface area contributed by atoms with E-state index in [0.29, 0.717) is 44.0 Å². The fraction of sp³-hybridized carbons (Fsp3) is 0.241. The molecular formula is C29H26BrN5O2S. The summed E-state index contributed by atoms with van der Waals surface area (Å²) in [4.78, 5) is 42.3. The largest absolute Gasteiger partial charge is 0.352 e. The molecule has 1 saturated heterocycles. The Morgan fingerprint density at radius 3 is 2.55 bits per heavy atom. The Hall–Kier alpha value is -3.43. The molecule has 1 fully saturated rings. The summed E-state index contributed by atoms with van der Waals surface area (Å²) in [7, 11) is 0. The van der Waals surface area contributed by atoms with Gasteiger partial charge in [-0.1, -0.05) is 46.3 Å². The lowest BCUT2D eigenvalue weighted by molar-refractivity contribution is -0.116. The van der Waals surface area contributed by atoms with E-state index in [-0.39, 0.29) is 11.8 Å². The monoisotopic (exact) mass is 587 g/mol. The summed E-state index contributed by atoms with van der Waals surface area (Å²) < 4.78 is 0.983. The van der Waals surface area contributed by atoms with E-state index >= 15 is 0 Å². The van der Waals surface area contributed by atoms with E-state index in [1.165, 1.54) is 17.3 Å². The second kappa shape index (κ2) is 10.7. The zero-order chi connectivity index (χ0) is 26.1. The van der Waals surface area contributed by atoms with Gasteiger partial charge in [0.1, 0.15) is 12.1 Å². The Bertz CT molecular complexity index is 1520. The molecule has 1 aromatic heterocycles. The number of aromatic nitrogens is 2. The second-order valence-electron chi connectivity index (χ2n) is 9.35. The van der Waals surface area contributed by atoms with Crippen LogP contribution >= 0.6 is 27.7 Å². The molecule has 2 aliphatic rings. The summed E-state index contributed by atoms with van der Waals surface area (Å²) in [6.45, 7) is 3.28. The van der Waals surface area contributed by atoms with Crippen LogP contribution in [0.5, 0.6) is 0 Å². The number of halogens is 1. The normalized spacial score (nSPS) is 15.1. The van der Waals surface area contributed by atoms with Crippen molar-refractivity contribution in [2.24, 2.45) is 0 Å². The number of anilines is 2. The minimum Gasteiger partial charge on any atom is -0.352 e. The van der Waals surface area contributed by atoms with Gasteiger partial charge in [-0.25, -0.2) is 9.97 Å². The van der Waals surface area contributed by atoms with Crippen molar-refractivity contribution in [1.82, 2.24) is 14.9 Å². The molecule has 9 heteroatoms. The van der Waals surface area contributed by atoms with Crippen molar-refractivity contribution in [3.05, 3.63) is 88.7 Å². The third-order valence-corrected chi connectivity index (χ3v) is 8.65. The Morgan fingerprint density at radius 2 is 1.68 bits per heavy atom. The number of amides is 2. The standard InChI is InChI=1S/C29H26BrN5O2S/c30-21-9-10-24-23(17-21)28(32-19-31-24)33-13-15-34(16-14-33)29(37)22-6-2-4-8-26(22)38-18-27(36)35-12-11-20-5-1-3-7-25(20)35/h1-10,17,19H,11-16,18H2. The number of fused-ring (bicyclic) bond motifs is 2. The number of nitrogens with zero attached hydrogens (tertiary/aromatic N) is 5. The molecule has 2 aliphatic heterocycles. The van der Waals surface area contributed by atoms with Gasteiger partial charge in [-0.15, -0.1) is 11.8 Å². The topological polar surface area (TPSA) is 69.6 Å². The van der Waals surface area contributed by atoms with Gasteiger partial charge < -0.3 is 14.7 Å². The van der Waals surface area contributed by atoms with Gasteiger partial charge in [-0.2, -0.15) is 0 Å². The molecule has 0 N–H and O–H groups in total. The molecule has 0 unspecified atom stereocenters. The van der Waals surface area contributed by atoms with Crippen molar-refractivity contribution in [2.75, 3.05) is 48.3 Å². The van der Waals surface area contributed by atoms with E-state index in [9.17, 15) is 9.59 Å². The Morgan fingerprint density at radius 1 is 0.895 bits per heavy atom. The van der Waals surface area contributed by atoms with Crippen LogP contribution < -0.4 is 9.80 Å². The quantitative estimate of drug-likeness (QED) is 0.305. The van der Waals surface area contributed by atoms with Crippen LogP contribution in [-0.4, -0.2) is 65.2 Å². The highest BCUT2D eigenvalue weighted by Crippen LogP contribution is 2.31. The van der Waals surface area contributed by atoms with Gasteiger partial charge >= 0.3 is 0 Å². The molecule has 38 heavy (non-hydrogen) atoms. The SMILES string of the molecule is O=C(c1ccccc1SCC(=O)N1CCc2ccccc21)N1CCN(c2ncnc3ccc(Br)cc23)CC1. The molecule has 7 nitrogen and oxygen atoms in total. The number of para-hydroxylation sites is 1. The third-order valence-electron chi connectivity index (χ3n) is 7.10. The molecule has 0 atom stereocenters. The molecule has 2 amide bonds. The van der Waals surface area contributed by atoms with Crippen LogP contribution in [0.25, 0.3) is 10.9 Å². The first-order chi connectivity index (χ1) is 18.6. The van der Waals surface area contributed by atoms with E-state index in [1.54, 1.807) is 6.33 Å². The van der Waals surface area contributed by atoms with E-state index in [2.05, 4.69) is 36.9 Å². The molecule has 0 spiro atoms. The maximum absolute atomic E-state index is 13.6. The van der Waals surface area contributed by atoms with E-state index in [4.69, 9.17) is 0 Å². The van der Waals surface area contributed by atoms with Gasteiger partial charge in [-0.05, 0) is 48.4 Å². The first kappa shape index (κ1) is 24.9. The fourth-order valence-electron chi connectivity index (χ4n) is 5.14. The van der Waals surface area contributed by atoms with Gasteiger partial charge in [-0.3, -0.25) is 9.59 Å². The fourth-order valence-corrected chi connectivity index (χ4v) is 6.42. The molecule has 0 bridgehead atoms. The Balaban J connectivity index is 1.12. The number of carbonyl (C=O) groups is 2. The molecule has 3 heterocycles. The Labute approximate surface area is 234 Å². The van der Waals surface area contributed by atoms with E-state index in [1.807, 2.05) is 70.5 Å². The lowest BCUT2D eigenvalue weighted by Crippen LogP contribution is -2.49. The minimum absolute atomic E-state index is 0.00186. The number of rotatable bonds is 5. The summed E-state index contributed by atoms with van der Waals surface area (Å²) in [6, 6.07) is 21.7. The van der Waals surface area contributed by atoms with Crippen LogP contribution in [-0.2, 0) is 11.2 Å². The number of hydrogen-bond donors (Lipinski definition) is 0. The van der Waals surface area contributed by atoms with Crippen molar-refractivity contribution < 1.29 is 9.59 Å². The average Bonchev–Trinajstić information content (AvgIpc) is 3.40. The molecule has 3 aromatic carbocycles. The van der Waals surface area contributed by atoms with Crippen molar-refractivity contribution in [3.8, 4) is 0 Å². The molecule has 0 saturated carbocycles. The first-order valence-electron chi connectivity index (χ1n) is 12.6. The molecular weight excluding hydrogens is 562 g/mol. The summed E-state index contributed by atoms with van der Waals surface area (Å²) in [6.07, 6.45) is 2.48. The third kappa shape index (κ3) is 4.88. The number of carbonyl (C=O) groups excluding carboxylic acids is 2. The van der Waals surface area contributed by atoms with Crippen LogP contribution in [0, 0.1) is 0 Å². The van der Waals surface area contributed by atoms with Crippen LogP contribution in [0.4, 0.5) is 11.5 Å². The van der Waals surface area contributed by atoms with Gasteiger partial charge in [0.05, 0.1) is 16.8 Å². The van der Waals surface area contributed by atoms with Crippen molar-refractivity contribution in [3.63, 3.8) is 0 Å². The smallest absolute Gasteiger partial charge is 0.255 e. The zero-order valence-electron chi connectivity index (χ0n) is 20.7. The van der Waals surface area contributed by atoms with Gasteiger partial charge in [0.15, 0.2) is 0 Å². The van der Waals surface area contributed by atoms with Gasteiger partial charge in [0.25, 0.3) is 5.91 Å². The number of thioether (sulfide) groups is 1. The highest BCUT2D eigenvalue weighted by Gasteiger charge is 2.27. The van der Waals surface area contributed by atoms with Crippen molar-refractivity contribution in [2.45, 2.75) is 11.3 Å².